The van der Waals surface area contributed by atoms with Crippen LogP contribution in [0.15, 0.2) is 48.5 Å². The number of amides is 2. The molecule has 23 heavy (non-hydrogen) atoms. The zero-order valence-electron chi connectivity index (χ0n) is 14.0. The van der Waals surface area contributed by atoms with E-state index in [0.29, 0.717) is 19.7 Å². The van der Waals surface area contributed by atoms with E-state index in [1.165, 1.54) is 11.1 Å². The number of carbonyl (C=O) groups excluding carboxylic acids is 1. The first kappa shape index (κ1) is 16.9. The third kappa shape index (κ3) is 5.33. The van der Waals surface area contributed by atoms with E-state index in [0.717, 1.165) is 11.3 Å². The van der Waals surface area contributed by atoms with Crippen molar-refractivity contribution in [1.29, 1.82) is 0 Å². The molecule has 2 rings (SSSR count). The van der Waals surface area contributed by atoms with Crippen LogP contribution in [0.1, 0.15) is 16.7 Å². The summed E-state index contributed by atoms with van der Waals surface area (Å²) in [4.78, 5) is 13.7. The van der Waals surface area contributed by atoms with Crippen LogP contribution < -0.4 is 10.1 Å². The first-order valence-corrected chi connectivity index (χ1v) is 7.79. The topological polar surface area (TPSA) is 41.6 Å². The molecule has 4 heteroatoms. The maximum atomic E-state index is 12.0. The van der Waals surface area contributed by atoms with Gasteiger partial charge in [0.1, 0.15) is 12.4 Å². The molecule has 0 aliphatic rings. The van der Waals surface area contributed by atoms with Crippen LogP contribution in [-0.2, 0) is 6.54 Å². The molecule has 2 amide bonds. The van der Waals surface area contributed by atoms with Crippen LogP contribution in [0.5, 0.6) is 5.75 Å². The Hall–Kier alpha value is -2.49. The lowest BCUT2D eigenvalue weighted by molar-refractivity contribution is 0.203. The zero-order valence-corrected chi connectivity index (χ0v) is 14.0. The third-order valence-corrected chi connectivity index (χ3v) is 3.73. The maximum Gasteiger partial charge on any atom is 0.317 e. The number of ether oxygens (including phenoxy) is 1. The van der Waals surface area contributed by atoms with Crippen LogP contribution in [0.25, 0.3) is 0 Å². The number of benzene rings is 2. The summed E-state index contributed by atoms with van der Waals surface area (Å²) in [6, 6.07) is 15.8. The highest BCUT2D eigenvalue weighted by molar-refractivity contribution is 5.73. The van der Waals surface area contributed by atoms with E-state index in [-0.39, 0.29) is 6.03 Å². The van der Waals surface area contributed by atoms with Gasteiger partial charge < -0.3 is 15.0 Å². The van der Waals surface area contributed by atoms with Gasteiger partial charge in [0.2, 0.25) is 0 Å². The molecular weight excluding hydrogens is 288 g/mol. The van der Waals surface area contributed by atoms with Gasteiger partial charge in [0.15, 0.2) is 0 Å². The number of hydrogen-bond donors (Lipinski definition) is 1. The quantitative estimate of drug-likeness (QED) is 0.829. The van der Waals surface area contributed by atoms with Crippen molar-refractivity contribution in [2.24, 2.45) is 0 Å². The molecule has 0 unspecified atom stereocenters. The molecule has 4 nitrogen and oxygen atoms in total. The van der Waals surface area contributed by atoms with Crippen molar-refractivity contribution in [3.63, 3.8) is 0 Å². The minimum Gasteiger partial charge on any atom is -0.492 e. The number of aryl methyl sites for hydroxylation is 2. The van der Waals surface area contributed by atoms with E-state index < -0.39 is 0 Å². The fraction of sp³-hybridized carbons (Fsp3) is 0.316. The van der Waals surface area contributed by atoms with E-state index in [2.05, 4.69) is 19.2 Å². The number of nitrogens with zero attached hydrogens (tertiary/aromatic N) is 1. The van der Waals surface area contributed by atoms with Gasteiger partial charge in [-0.1, -0.05) is 36.4 Å². The minimum absolute atomic E-state index is 0.0995. The van der Waals surface area contributed by atoms with Crippen LogP contribution in [0.2, 0.25) is 0 Å². The van der Waals surface area contributed by atoms with Crippen LogP contribution in [-0.4, -0.2) is 31.1 Å². The van der Waals surface area contributed by atoms with Crippen molar-refractivity contribution in [1.82, 2.24) is 10.2 Å². The van der Waals surface area contributed by atoms with Crippen molar-refractivity contribution in [3.05, 3.63) is 65.2 Å². The summed E-state index contributed by atoms with van der Waals surface area (Å²) in [7, 11) is 1.78. The minimum atomic E-state index is -0.0995. The van der Waals surface area contributed by atoms with Crippen LogP contribution >= 0.6 is 0 Å². The van der Waals surface area contributed by atoms with Crippen LogP contribution in [0.4, 0.5) is 4.79 Å². The van der Waals surface area contributed by atoms with Crippen molar-refractivity contribution in [2.75, 3.05) is 20.2 Å². The maximum absolute atomic E-state index is 12.0. The Bertz CT molecular complexity index is 641. The Kier molecular flexibility index (Phi) is 6.03. The van der Waals surface area contributed by atoms with Gasteiger partial charge in [0.25, 0.3) is 0 Å². The number of carbonyl (C=O) groups is 1. The van der Waals surface area contributed by atoms with E-state index in [1.54, 1.807) is 11.9 Å². The molecule has 0 radical (unpaired) electrons. The number of urea groups is 1. The molecule has 0 saturated carbocycles. The summed E-state index contributed by atoms with van der Waals surface area (Å²) in [5.74, 6) is 0.833. The van der Waals surface area contributed by atoms with Crippen molar-refractivity contribution < 1.29 is 9.53 Å². The SMILES string of the molecule is Cc1ccc(OCCNC(=O)N(C)Cc2ccccc2)cc1C. The monoisotopic (exact) mass is 312 g/mol. The normalized spacial score (nSPS) is 10.2. The Morgan fingerprint density at radius 1 is 1.09 bits per heavy atom. The lowest BCUT2D eigenvalue weighted by atomic mass is 10.1. The average molecular weight is 312 g/mol. The summed E-state index contributed by atoms with van der Waals surface area (Å²) in [5, 5.41) is 2.86. The summed E-state index contributed by atoms with van der Waals surface area (Å²) in [6.07, 6.45) is 0. The van der Waals surface area contributed by atoms with Gasteiger partial charge in [-0.15, -0.1) is 0 Å². The largest absolute Gasteiger partial charge is 0.492 e. The molecule has 0 aromatic heterocycles. The first-order valence-electron chi connectivity index (χ1n) is 7.79. The standard InChI is InChI=1S/C19H24N2O2/c1-15-9-10-18(13-16(15)2)23-12-11-20-19(22)21(3)14-17-7-5-4-6-8-17/h4-10,13H,11-12,14H2,1-3H3,(H,20,22). The molecule has 1 N–H and O–H groups in total. The van der Waals surface area contributed by atoms with E-state index in [4.69, 9.17) is 4.74 Å². The molecule has 0 fully saturated rings. The summed E-state index contributed by atoms with van der Waals surface area (Å²) in [5.41, 5.74) is 3.55. The van der Waals surface area contributed by atoms with E-state index in [9.17, 15) is 4.79 Å². The smallest absolute Gasteiger partial charge is 0.317 e. The zero-order chi connectivity index (χ0) is 16.7. The second kappa shape index (κ2) is 8.22. The lowest BCUT2D eigenvalue weighted by Gasteiger charge is -2.18. The van der Waals surface area contributed by atoms with E-state index in [1.807, 2.05) is 48.5 Å². The van der Waals surface area contributed by atoms with Crippen molar-refractivity contribution >= 4 is 6.03 Å². The Balaban J connectivity index is 1.71. The highest BCUT2D eigenvalue weighted by Crippen LogP contribution is 2.16. The fourth-order valence-corrected chi connectivity index (χ4v) is 2.19. The highest BCUT2D eigenvalue weighted by atomic mass is 16.5. The van der Waals surface area contributed by atoms with Gasteiger partial charge in [-0.3, -0.25) is 0 Å². The van der Waals surface area contributed by atoms with Gasteiger partial charge in [0, 0.05) is 13.6 Å². The van der Waals surface area contributed by atoms with Gasteiger partial charge in [-0.2, -0.15) is 0 Å². The molecular formula is C19H24N2O2. The molecule has 0 aliphatic heterocycles. The summed E-state index contributed by atoms with van der Waals surface area (Å²) < 4.78 is 5.66. The lowest BCUT2D eigenvalue weighted by Crippen LogP contribution is -2.38. The number of nitrogens with one attached hydrogen (secondary N) is 1. The Labute approximate surface area is 138 Å². The summed E-state index contributed by atoms with van der Waals surface area (Å²) in [6.45, 7) is 5.65. The molecule has 0 heterocycles. The predicted molar refractivity (Wildman–Crippen MR) is 92.7 cm³/mol. The Morgan fingerprint density at radius 2 is 1.83 bits per heavy atom. The van der Waals surface area contributed by atoms with Crippen molar-refractivity contribution in [2.45, 2.75) is 20.4 Å². The second-order valence-electron chi connectivity index (χ2n) is 5.67. The molecule has 0 aliphatic carbocycles. The van der Waals surface area contributed by atoms with Crippen LogP contribution in [0, 0.1) is 13.8 Å². The number of rotatable bonds is 6. The molecule has 2 aromatic rings. The molecule has 0 bridgehead atoms. The van der Waals surface area contributed by atoms with Gasteiger partial charge in [-0.05, 0) is 42.7 Å². The fourth-order valence-electron chi connectivity index (χ4n) is 2.19. The molecule has 0 atom stereocenters. The number of hydrogen-bond acceptors (Lipinski definition) is 2. The third-order valence-electron chi connectivity index (χ3n) is 3.73. The van der Waals surface area contributed by atoms with Gasteiger partial charge >= 0.3 is 6.03 Å². The average Bonchev–Trinajstić information content (AvgIpc) is 2.55. The second-order valence-corrected chi connectivity index (χ2v) is 5.67. The van der Waals surface area contributed by atoms with Gasteiger partial charge in [-0.25, -0.2) is 4.79 Å². The Morgan fingerprint density at radius 3 is 2.52 bits per heavy atom. The molecule has 122 valence electrons. The molecule has 0 saturated heterocycles. The highest BCUT2D eigenvalue weighted by Gasteiger charge is 2.08. The van der Waals surface area contributed by atoms with E-state index >= 15 is 0 Å². The molecule has 2 aromatic carbocycles. The van der Waals surface area contributed by atoms with Crippen molar-refractivity contribution in [3.8, 4) is 5.75 Å². The van der Waals surface area contributed by atoms with Gasteiger partial charge in [0.05, 0.1) is 6.54 Å². The summed E-state index contributed by atoms with van der Waals surface area (Å²) >= 11 is 0. The predicted octanol–water partition coefficient (Wildman–Crippen LogP) is 3.52. The first-order chi connectivity index (χ1) is 11.1. The molecule has 0 spiro atoms. The van der Waals surface area contributed by atoms with Crippen LogP contribution in [0.3, 0.4) is 0 Å².